The van der Waals surface area contributed by atoms with E-state index >= 15 is 0 Å². The standard InChI is InChI=1S/C11H17N3OS.2ClH/c1-7-10(16-6-14-7)5-13-11(15)8-3-2-4-9(8)12;;/h6,8-9H,2-5,12H2,1H3,(H,13,15);2*1H. The van der Waals surface area contributed by atoms with Crippen molar-refractivity contribution >= 4 is 42.1 Å². The van der Waals surface area contributed by atoms with E-state index in [9.17, 15) is 4.79 Å². The minimum Gasteiger partial charge on any atom is -0.351 e. The van der Waals surface area contributed by atoms with E-state index in [0.717, 1.165) is 29.8 Å². The molecule has 18 heavy (non-hydrogen) atoms. The number of amides is 1. The zero-order chi connectivity index (χ0) is 11.5. The Balaban J connectivity index is 0.00000144. The van der Waals surface area contributed by atoms with Gasteiger partial charge in [-0.05, 0) is 19.8 Å². The Bertz CT molecular complexity index is 386. The van der Waals surface area contributed by atoms with Crippen LogP contribution in [-0.2, 0) is 11.3 Å². The molecule has 1 heterocycles. The molecule has 1 aliphatic rings. The van der Waals surface area contributed by atoms with Crippen molar-refractivity contribution in [2.24, 2.45) is 11.7 Å². The number of nitrogens with zero attached hydrogens (tertiary/aromatic N) is 1. The lowest BCUT2D eigenvalue weighted by atomic mass is 10.0. The van der Waals surface area contributed by atoms with Crippen molar-refractivity contribution in [3.63, 3.8) is 0 Å². The Hall–Kier alpha value is -0.360. The first-order valence-corrected chi connectivity index (χ1v) is 6.48. The maximum atomic E-state index is 11.9. The van der Waals surface area contributed by atoms with E-state index in [1.807, 2.05) is 6.92 Å². The molecular weight excluding hydrogens is 293 g/mol. The molecular formula is C11H19Cl2N3OS. The van der Waals surface area contributed by atoms with Gasteiger partial charge >= 0.3 is 0 Å². The fraction of sp³-hybridized carbons (Fsp3) is 0.636. The summed E-state index contributed by atoms with van der Waals surface area (Å²) in [4.78, 5) is 17.1. The molecule has 4 nitrogen and oxygen atoms in total. The third-order valence-corrected chi connectivity index (χ3v) is 4.11. The molecule has 0 radical (unpaired) electrons. The fourth-order valence-corrected chi connectivity index (χ4v) is 2.83. The summed E-state index contributed by atoms with van der Waals surface area (Å²) in [7, 11) is 0. The molecule has 0 aliphatic heterocycles. The van der Waals surface area contributed by atoms with Gasteiger partial charge in [0.1, 0.15) is 0 Å². The SMILES string of the molecule is Cc1ncsc1CNC(=O)C1CCCC1N.Cl.Cl. The maximum Gasteiger partial charge on any atom is 0.224 e. The van der Waals surface area contributed by atoms with Crippen molar-refractivity contribution in [2.75, 3.05) is 0 Å². The van der Waals surface area contributed by atoms with E-state index in [-0.39, 0.29) is 42.7 Å². The average molecular weight is 312 g/mol. The molecule has 7 heteroatoms. The van der Waals surface area contributed by atoms with Crippen LogP contribution in [0.1, 0.15) is 29.8 Å². The number of carbonyl (C=O) groups excluding carboxylic acids is 1. The van der Waals surface area contributed by atoms with Crippen LogP contribution in [-0.4, -0.2) is 16.9 Å². The topological polar surface area (TPSA) is 68.0 Å². The smallest absolute Gasteiger partial charge is 0.224 e. The van der Waals surface area contributed by atoms with Gasteiger partial charge in [0.05, 0.1) is 23.7 Å². The second kappa shape index (κ2) is 7.94. The van der Waals surface area contributed by atoms with Gasteiger partial charge < -0.3 is 11.1 Å². The summed E-state index contributed by atoms with van der Waals surface area (Å²) >= 11 is 1.58. The van der Waals surface area contributed by atoms with Crippen LogP contribution in [0, 0.1) is 12.8 Å². The summed E-state index contributed by atoms with van der Waals surface area (Å²) in [6.45, 7) is 2.54. The molecule has 1 aromatic rings. The van der Waals surface area contributed by atoms with E-state index < -0.39 is 0 Å². The second-order valence-electron chi connectivity index (χ2n) is 4.28. The number of rotatable bonds is 3. The quantitative estimate of drug-likeness (QED) is 0.897. The molecule has 0 saturated heterocycles. The van der Waals surface area contributed by atoms with Crippen molar-refractivity contribution in [1.29, 1.82) is 0 Å². The fourth-order valence-electron chi connectivity index (χ4n) is 2.11. The van der Waals surface area contributed by atoms with Crippen molar-refractivity contribution < 1.29 is 4.79 Å². The van der Waals surface area contributed by atoms with Crippen LogP contribution in [0.4, 0.5) is 0 Å². The number of nitrogens with two attached hydrogens (primary N) is 1. The molecule has 1 amide bonds. The van der Waals surface area contributed by atoms with E-state index in [1.165, 1.54) is 0 Å². The Labute approximate surface area is 124 Å². The van der Waals surface area contributed by atoms with E-state index in [1.54, 1.807) is 16.8 Å². The van der Waals surface area contributed by atoms with Crippen LogP contribution >= 0.6 is 36.2 Å². The molecule has 2 atom stereocenters. The van der Waals surface area contributed by atoms with Crippen LogP contribution in [0.2, 0.25) is 0 Å². The van der Waals surface area contributed by atoms with Gasteiger partial charge in [-0.15, -0.1) is 36.2 Å². The van der Waals surface area contributed by atoms with Gasteiger partial charge in [-0.25, -0.2) is 4.98 Å². The molecule has 1 aromatic heterocycles. The van der Waals surface area contributed by atoms with Crippen LogP contribution in [0.15, 0.2) is 5.51 Å². The Morgan fingerprint density at radius 2 is 2.28 bits per heavy atom. The largest absolute Gasteiger partial charge is 0.351 e. The van der Waals surface area contributed by atoms with Gasteiger partial charge in [-0.3, -0.25) is 4.79 Å². The molecule has 1 fully saturated rings. The Morgan fingerprint density at radius 3 is 2.78 bits per heavy atom. The lowest BCUT2D eigenvalue weighted by molar-refractivity contribution is -0.125. The van der Waals surface area contributed by atoms with Crippen molar-refractivity contribution in [3.05, 3.63) is 16.1 Å². The number of carbonyl (C=O) groups is 1. The first-order chi connectivity index (χ1) is 7.68. The summed E-state index contributed by atoms with van der Waals surface area (Å²) in [5, 5.41) is 2.95. The Kier molecular flexibility index (Phi) is 7.78. The monoisotopic (exact) mass is 311 g/mol. The first kappa shape index (κ1) is 17.6. The zero-order valence-corrected chi connectivity index (χ0v) is 12.7. The molecule has 1 aliphatic carbocycles. The third-order valence-electron chi connectivity index (χ3n) is 3.17. The molecule has 3 N–H and O–H groups in total. The number of thiazole rings is 1. The van der Waals surface area contributed by atoms with E-state index in [0.29, 0.717) is 6.54 Å². The molecule has 0 bridgehead atoms. The van der Waals surface area contributed by atoms with Gasteiger partial charge in [-0.2, -0.15) is 0 Å². The number of halogens is 2. The lowest BCUT2D eigenvalue weighted by Gasteiger charge is -2.14. The van der Waals surface area contributed by atoms with Gasteiger partial charge in [-0.1, -0.05) is 6.42 Å². The predicted molar refractivity (Wildman–Crippen MR) is 78.5 cm³/mol. The normalized spacial score (nSPS) is 21.9. The molecule has 2 unspecified atom stereocenters. The minimum atomic E-state index is 0. The number of hydrogen-bond donors (Lipinski definition) is 2. The summed E-state index contributed by atoms with van der Waals surface area (Å²) in [5.41, 5.74) is 8.69. The van der Waals surface area contributed by atoms with Crippen molar-refractivity contribution in [2.45, 2.75) is 38.8 Å². The van der Waals surface area contributed by atoms with Crippen LogP contribution in [0.5, 0.6) is 0 Å². The number of nitrogens with one attached hydrogen (secondary N) is 1. The Morgan fingerprint density at radius 1 is 1.56 bits per heavy atom. The van der Waals surface area contributed by atoms with Crippen molar-refractivity contribution in [3.8, 4) is 0 Å². The van der Waals surface area contributed by atoms with E-state index in [2.05, 4.69) is 10.3 Å². The zero-order valence-electron chi connectivity index (χ0n) is 10.2. The van der Waals surface area contributed by atoms with Crippen LogP contribution in [0.25, 0.3) is 0 Å². The maximum absolute atomic E-state index is 11.9. The van der Waals surface area contributed by atoms with Gasteiger partial charge in [0.2, 0.25) is 5.91 Å². The highest BCUT2D eigenvalue weighted by molar-refractivity contribution is 7.09. The number of hydrogen-bond acceptors (Lipinski definition) is 4. The number of aromatic nitrogens is 1. The summed E-state index contributed by atoms with van der Waals surface area (Å²) in [5.74, 6) is 0.103. The number of aryl methyl sites for hydroxylation is 1. The summed E-state index contributed by atoms with van der Waals surface area (Å²) in [6.07, 6.45) is 2.96. The highest BCUT2D eigenvalue weighted by Crippen LogP contribution is 2.24. The van der Waals surface area contributed by atoms with E-state index in [4.69, 9.17) is 5.73 Å². The molecule has 0 spiro atoms. The molecule has 104 valence electrons. The van der Waals surface area contributed by atoms with Gasteiger partial charge in [0.15, 0.2) is 0 Å². The van der Waals surface area contributed by atoms with Gasteiger partial charge in [0.25, 0.3) is 0 Å². The predicted octanol–water partition coefficient (Wildman–Crippen LogP) is 2.04. The minimum absolute atomic E-state index is 0. The van der Waals surface area contributed by atoms with Crippen molar-refractivity contribution in [1.82, 2.24) is 10.3 Å². The highest BCUT2D eigenvalue weighted by atomic mass is 35.5. The second-order valence-corrected chi connectivity index (χ2v) is 5.22. The highest BCUT2D eigenvalue weighted by Gasteiger charge is 2.29. The lowest BCUT2D eigenvalue weighted by Crippen LogP contribution is -2.38. The first-order valence-electron chi connectivity index (χ1n) is 5.60. The molecule has 2 rings (SSSR count). The summed E-state index contributed by atoms with van der Waals surface area (Å²) < 4.78 is 0. The molecule has 1 saturated carbocycles. The van der Waals surface area contributed by atoms with Crippen LogP contribution < -0.4 is 11.1 Å². The third kappa shape index (κ3) is 4.09. The van der Waals surface area contributed by atoms with Crippen LogP contribution in [0.3, 0.4) is 0 Å². The molecule has 0 aromatic carbocycles. The summed E-state index contributed by atoms with van der Waals surface area (Å²) in [6, 6.07) is 0.0440. The average Bonchev–Trinajstić information content (AvgIpc) is 2.84. The van der Waals surface area contributed by atoms with Gasteiger partial charge in [0, 0.05) is 10.9 Å².